The van der Waals surface area contributed by atoms with Gasteiger partial charge in [-0.25, -0.2) is 15.0 Å². The number of aromatic nitrogens is 2. The van der Waals surface area contributed by atoms with Gasteiger partial charge in [-0.15, -0.1) is 0 Å². The van der Waals surface area contributed by atoms with Crippen molar-refractivity contribution in [3.63, 3.8) is 0 Å². The number of aryl methyl sites for hydroxylation is 2. The molecule has 22 heavy (non-hydrogen) atoms. The first-order chi connectivity index (χ1) is 10.3. The van der Waals surface area contributed by atoms with E-state index in [9.17, 15) is 0 Å². The monoisotopic (exact) mass is 295 g/mol. The minimum atomic E-state index is -0.236. The van der Waals surface area contributed by atoms with Gasteiger partial charge in [0.05, 0.1) is 16.7 Å². The number of allylic oxidation sites excluding steroid dienone is 1. The summed E-state index contributed by atoms with van der Waals surface area (Å²) in [6.07, 6.45) is 2.09. The molecule has 0 bridgehead atoms. The molecule has 5 nitrogen and oxygen atoms in total. The fraction of sp³-hybridized carbons (Fsp3) is 0.353. The molecule has 0 saturated carbocycles. The lowest BCUT2D eigenvalue weighted by Gasteiger charge is -2.25. The number of aliphatic imine (C=N–C) groups is 1. The third-order valence-electron chi connectivity index (χ3n) is 3.56. The molecule has 5 heteroatoms. The van der Waals surface area contributed by atoms with Gasteiger partial charge >= 0.3 is 0 Å². The second-order valence-electron chi connectivity index (χ2n) is 6.34. The summed E-state index contributed by atoms with van der Waals surface area (Å²) in [5, 5.41) is 7.49. The average Bonchev–Trinajstić information content (AvgIpc) is 2.35. The van der Waals surface area contributed by atoms with Gasteiger partial charge in [0, 0.05) is 11.1 Å². The highest BCUT2D eigenvalue weighted by molar-refractivity contribution is 5.95. The van der Waals surface area contributed by atoms with E-state index in [1.807, 2.05) is 13.8 Å². The maximum Gasteiger partial charge on any atom is 0.230 e. The molecule has 0 spiro atoms. The van der Waals surface area contributed by atoms with Crippen molar-refractivity contribution in [3.8, 4) is 0 Å². The Bertz CT molecular complexity index is 802. The molecule has 3 rings (SSSR count). The largest absolute Gasteiger partial charge is 0.330 e. The zero-order valence-electron chi connectivity index (χ0n) is 13.7. The lowest BCUT2D eigenvalue weighted by molar-refractivity contribution is 0.631. The van der Waals surface area contributed by atoms with Gasteiger partial charge in [0.2, 0.25) is 11.9 Å². The number of benzene rings is 1. The molecule has 1 aliphatic heterocycles. The summed E-state index contributed by atoms with van der Waals surface area (Å²) in [7, 11) is 0. The summed E-state index contributed by atoms with van der Waals surface area (Å²) in [5.74, 6) is 1.24. The Hall–Kier alpha value is -2.43. The van der Waals surface area contributed by atoms with Gasteiger partial charge in [-0.05, 0) is 52.3 Å². The predicted molar refractivity (Wildman–Crippen MR) is 91.0 cm³/mol. The van der Waals surface area contributed by atoms with Gasteiger partial charge in [-0.1, -0.05) is 12.1 Å². The van der Waals surface area contributed by atoms with E-state index in [4.69, 9.17) is 0 Å². The van der Waals surface area contributed by atoms with Crippen molar-refractivity contribution < 1.29 is 0 Å². The van der Waals surface area contributed by atoms with Crippen LogP contribution < -0.4 is 10.6 Å². The van der Waals surface area contributed by atoms with E-state index in [0.717, 1.165) is 22.3 Å². The Kier molecular flexibility index (Phi) is 3.35. The van der Waals surface area contributed by atoms with Crippen molar-refractivity contribution >= 4 is 22.8 Å². The molecule has 0 saturated heterocycles. The number of hydrogen-bond donors (Lipinski definition) is 2. The first kappa shape index (κ1) is 14.5. The van der Waals surface area contributed by atoms with Gasteiger partial charge in [-0.2, -0.15) is 0 Å². The Morgan fingerprint density at radius 1 is 1.09 bits per heavy atom. The highest BCUT2D eigenvalue weighted by Crippen LogP contribution is 2.20. The number of rotatable bonds is 1. The van der Waals surface area contributed by atoms with Gasteiger partial charge < -0.3 is 5.32 Å². The standard InChI is InChI=1S/C17H21N5/c1-10-6-7-13-12(3)19-15(20-14(13)8-10)21-16-18-11(2)9-17(4,5)22-16/h6-9H,1-5H3,(H2,18,19,20,21,22). The number of anilines is 1. The molecule has 0 radical (unpaired) electrons. The molecule has 114 valence electrons. The highest BCUT2D eigenvalue weighted by atomic mass is 15.3. The molecule has 2 N–H and O–H groups in total. The van der Waals surface area contributed by atoms with Crippen LogP contribution in [-0.2, 0) is 0 Å². The molecule has 0 fully saturated rings. The van der Waals surface area contributed by atoms with Gasteiger partial charge in [0.25, 0.3) is 0 Å². The molecule has 0 atom stereocenters. The maximum atomic E-state index is 4.63. The smallest absolute Gasteiger partial charge is 0.230 e. The van der Waals surface area contributed by atoms with Crippen LogP contribution in [-0.4, -0.2) is 21.5 Å². The Balaban J connectivity index is 1.96. The quantitative estimate of drug-likeness (QED) is 0.847. The van der Waals surface area contributed by atoms with E-state index in [1.165, 1.54) is 5.56 Å². The topological polar surface area (TPSA) is 62.2 Å². The van der Waals surface area contributed by atoms with E-state index in [-0.39, 0.29) is 5.54 Å². The lowest BCUT2D eigenvalue weighted by Crippen LogP contribution is -2.38. The fourth-order valence-electron chi connectivity index (χ4n) is 2.72. The number of guanidine groups is 1. The zero-order valence-corrected chi connectivity index (χ0v) is 13.7. The van der Waals surface area contributed by atoms with Crippen molar-refractivity contribution in [2.45, 2.75) is 40.2 Å². The van der Waals surface area contributed by atoms with E-state index >= 15 is 0 Å². The molecule has 0 aliphatic carbocycles. The summed E-state index contributed by atoms with van der Waals surface area (Å²) < 4.78 is 0. The lowest BCUT2D eigenvalue weighted by atomic mass is 10.0. The average molecular weight is 295 g/mol. The van der Waals surface area contributed by atoms with Crippen molar-refractivity contribution in [1.29, 1.82) is 0 Å². The first-order valence-corrected chi connectivity index (χ1v) is 7.41. The molecule has 1 aromatic heterocycles. The second-order valence-corrected chi connectivity index (χ2v) is 6.34. The van der Waals surface area contributed by atoms with Crippen LogP contribution in [0, 0.1) is 13.8 Å². The van der Waals surface area contributed by atoms with Crippen LogP contribution >= 0.6 is 0 Å². The van der Waals surface area contributed by atoms with E-state index < -0.39 is 0 Å². The zero-order chi connectivity index (χ0) is 15.9. The number of nitrogens with zero attached hydrogens (tertiary/aromatic N) is 3. The molecule has 2 aromatic rings. The van der Waals surface area contributed by atoms with E-state index in [1.54, 1.807) is 0 Å². The molecule has 1 aliphatic rings. The molecular formula is C17H21N5. The first-order valence-electron chi connectivity index (χ1n) is 7.41. The molecule has 2 heterocycles. The number of hydrogen-bond acceptors (Lipinski definition) is 5. The third kappa shape index (κ3) is 2.93. The van der Waals surface area contributed by atoms with Gasteiger partial charge in [0.1, 0.15) is 0 Å². The van der Waals surface area contributed by atoms with E-state index in [2.05, 4.69) is 70.6 Å². The summed E-state index contributed by atoms with van der Waals surface area (Å²) in [4.78, 5) is 13.8. The summed E-state index contributed by atoms with van der Waals surface area (Å²) in [6.45, 7) is 10.2. The SMILES string of the molecule is CC1=CC(C)(C)N=C(Nc2nc(C)c3ccc(C)cc3n2)N1. The second kappa shape index (κ2) is 5.09. The van der Waals surface area contributed by atoms with Crippen LogP contribution in [0.25, 0.3) is 10.9 Å². The summed E-state index contributed by atoms with van der Waals surface area (Å²) >= 11 is 0. The van der Waals surface area contributed by atoms with Crippen LogP contribution in [0.1, 0.15) is 32.0 Å². The number of fused-ring (bicyclic) bond motifs is 1. The predicted octanol–water partition coefficient (Wildman–Crippen LogP) is 3.30. The van der Waals surface area contributed by atoms with Crippen LogP contribution in [0.4, 0.5) is 5.95 Å². The normalized spacial score (nSPS) is 16.8. The van der Waals surface area contributed by atoms with Crippen LogP contribution in [0.3, 0.4) is 0 Å². The summed E-state index contributed by atoms with van der Waals surface area (Å²) in [5.41, 5.74) is 3.91. The highest BCUT2D eigenvalue weighted by Gasteiger charge is 2.20. The third-order valence-corrected chi connectivity index (χ3v) is 3.56. The minimum absolute atomic E-state index is 0.236. The van der Waals surface area contributed by atoms with Crippen molar-refractivity contribution in [2.24, 2.45) is 4.99 Å². The number of nitrogens with one attached hydrogen (secondary N) is 2. The van der Waals surface area contributed by atoms with Crippen LogP contribution in [0.15, 0.2) is 35.0 Å². The van der Waals surface area contributed by atoms with Crippen molar-refractivity contribution in [2.75, 3.05) is 5.32 Å². The minimum Gasteiger partial charge on any atom is -0.330 e. The molecule has 0 amide bonds. The Morgan fingerprint density at radius 2 is 1.86 bits per heavy atom. The molecular weight excluding hydrogens is 274 g/mol. The van der Waals surface area contributed by atoms with Crippen LogP contribution in [0.2, 0.25) is 0 Å². The van der Waals surface area contributed by atoms with Gasteiger partial charge in [0.15, 0.2) is 0 Å². The molecule has 0 unspecified atom stereocenters. The Morgan fingerprint density at radius 3 is 2.59 bits per heavy atom. The van der Waals surface area contributed by atoms with Crippen molar-refractivity contribution in [1.82, 2.24) is 15.3 Å². The molecule has 1 aromatic carbocycles. The van der Waals surface area contributed by atoms with E-state index in [0.29, 0.717) is 11.9 Å². The van der Waals surface area contributed by atoms with Gasteiger partial charge in [-0.3, -0.25) is 5.32 Å². The Labute approximate surface area is 130 Å². The fourth-order valence-corrected chi connectivity index (χ4v) is 2.72. The van der Waals surface area contributed by atoms with Crippen molar-refractivity contribution in [3.05, 3.63) is 41.2 Å². The summed E-state index contributed by atoms with van der Waals surface area (Å²) in [6, 6.07) is 6.21. The maximum absolute atomic E-state index is 4.63. The van der Waals surface area contributed by atoms with Crippen LogP contribution in [0.5, 0.6) is 0 Å².